The molecule has 1 aliphatic heterocycles. The van der Waals surface area contributed by atoms with Gasteiger partial charge in [0.25, 0.3) is 0 Å². The van der Waals surface area contributed by atoms with Crippen molar-refractivity contribution in [2.45, 2.75) is 25.0 Å². The Morgan fingerprint density at radius 2 is 2.06 bits per heavy atom. The fraction of sp³-hybridized carbons (Fsp3) is 0.778. The smallest absolute Gasteiger partial charge is 0.237 e. The standard InChI is InChI=1S/C9H15N3O3S/c1-8(6-10)16(14,15)11-7-9(13)12-4-2-3-5-12/h8,11H,2-5,7H2,1H3. The fourth-order valence-electron chi connectivity index (χ4n) is 1.44. The predicted molar refractivity (Wildman–Crippen MR) is 57.8 cm³/mol. The minimum absolute atomic E-state index is 0.230. The summed E-state index contributed by atoms with van der Waals surface area (Å²) < 4.78 is 24.9. The summed E-state index contributed by atoms with van der Waals surface area (Å²) in [6.07, 6.45) is 1.93. The molecule has 16 heavy (non-hydrogen) atoms. The van der Waals surface area contributed by atoms with E-state index in [0.717, 1.165) is 12.8 Å². The average Bonchev–Trinajstić information content (AvgIpc) is 2.78. The van der Waals surface area contributed by atoms with E-state index >= 15 is 0 Å². The van der Waals surface area contributed by atoms with Gasteiger partial charge in [-0.25, -0.2) is 13.1 Å². The first-order valence-electron chi connectivity index (χ1n) is 5.13. The lowest BCUT2D eigenvalue weighted by Gasteiger charge is -2.15. The third-order valence-corrected chi connectivity index (χ3v) is 4.11. The van der Waals surface area contributed by atoms with Gasteiger partial charge in [0, 0.05) is 13.1 Å². The van der Waals surface area contributed by atoms with Crippen molar-refractivity contribution in [2.24, 2.45) is 0 Å². The molecule has 0 aromatic rings. The van der Waals surface area contributed by atoms with Crippen LogP contribution in [0.3, 0.4) is 0 Å². The van der Waals surface area contributed by atoms with Crippen LogP contribution in [0.2, 0.25) is 0 Å². The molecule has 0 bridgehead atoms. The largest absolute Gasteiger partial charge is 0.342 e. The van der Waals surface area contributed by atoms with Crippen molar-refractivity contribution in [3.05, 3.63) is 0 Å². The Balaban J connectivity index is 2.45. The van der Waals surface area contributed by atoms with E-state index in [2.05, 4.69) is 4.72 Å². The first-order valence-corrected chi connectivity index (χ1v) is 6.68. The van der Waals surface area contributed by atoms with Crippen LogP contribution in [0.25, 0.3) is 0 Å². The number of carbonyl (C=O) groups excluding carboxylic acids is 1. The second-order valence-electron chi connectivity index (χ2n) is 3.73. The molecule has 0 aromatic heterocycles. The molecule has 7 heteroatoms. The molecular weight excluding hydrogens is 230 g/mol. The van der Waals surface area contributed by atoms with Crippen LogP contribution in [-0.2, 0) is 14.8 Å². The molecule has 1 amide bonds. The number of amides is 1. The van der Waals surface area contributed by atoms with E-state index in [-0.39, 0.29) is 12.5 Å². The number of rotatable bonds is 4. The lowest BCUT2D eigenvalue weighted by Crippen LogP contribution is -2.41. The van der Waals surface area contributed by atoms with Crippen LogP contribution in [0.15, 0.2) is 0 Å². The molecule has 1 aliphatic rings. The second kappa shape index (κ2) is 5.27. The van der Waals surface area contributed by atoms with Crippen molar-refractivity contribution < 1.29 is 13.2 Å². The minimum Gasteiger partial charge on any atom is -0.342 e. The maximum absolute atomic E-state index is 11.5. The van der Waals surface area contributed by atoms with Crippen LogP contribution in [0, 0.1) is 11.3 Å². The summed E-state index contributed by atoms with van der Waals surface area (Å²) in [6.45, 7) is 2.40. The number of hydrogen-bond acceptors (Lipinski definition) is 4. The highest BCUT2D eigenvalue weighted by Crippen LogP contribution is 2.07. The van der Waals surface area contributed by atoms with Crippen LogP contribution in [0.1, 0.15) is 19.8 Å². The van der Waals surface area contributed by atoms with Crippen LogP contribution in [-0.4, -0.2) is 44.1 Å². The van der Waals surface area contributed by atoms with E-state index in [1.54, 1.807) is 11.0 Å². The van der Waals surface area contributed by atoms with Crippen molar-refractivity contribution in [2.75, 3.05) is 19.6 Å². The van der Waals surface area contributed by atoms with E-state index in [1.807, 2.05) is 0 Å². The topological polar surface area (TPSA) is 90.3 Å². The van der Waals surface area contributed by atoms with Gasteiger partial charge in [-0.3, -0.25) is 4.79 Å². The molecule has 0 saturated carbocycles. The average molecular weight is 245 g/mol. The summed E-state index contributed by atoms with van der Waals surface area (Å²) in [4.78, 5) is 13.1. The number of nitrogens with zero attached hydrogens (tertiary/aromatic N) is 2. The molecule has 1 heterocycles. The fourth-order valence-corrected chi connectivity index (χ4v) is 2.15. The van der Waals surface area contributed by atoms with E-state index < -0.39 is 15.3 Å². The lowest BCUT2D eigenvalue weighted by molar-refractivity contribution is -0.128. The van der Waals surface area contributed by atoms with Crippen LogP contribution in [0.5, 0.6) is 0 Å². The Bertz CT molecular complexity index is 393. The van der Waals surface area contributed by atoms with Crippen molar-refractivity contribution in [1.29, 1.82) is 5.26 Å². The van der Waals surface area contributed by atoms with E-state index in [0.29, 0.717) is 13.1 Å². The first-order chi connectivity index (χ1) is 7.47. The van der Waals surface area contributed by atoms with E-state index in [4.69, 9.17) is 5.26 Å². The van der Waals surface area contributed by atoms with Crippen LogP contribution >= 0.6 is 0 Å². The third-order valence-electron chi connectivity index (χ3n) is 2.53. The van der Waals surface area contributed by atoms with Gasteiger partial charge >= 0.3 is 0 Å². The number of likely N-dealkylation sites (tertiary alicyclic amines) is 1. The zero-order valence-electron chi connectivity index (χ0n) is 9.14. The Morgan fingerprint density at radius 3 is 2.56 bits per heavy atom. The lowest BCUT2D eigenvalue weighted by atomic mass is 10.4. The molecule has 0 aromatic carbocycles. The third kappa shape index (κ3) is 3.18. The maximum Gasteiger partial charge on any atom is 0.237 e. The Morgan fingerprint density at radius 1 is 1.50 bits per heavy atom. The van der Waals surface area contributed by atoms with Crippen molar-refractivity contribution in [1.82, 2.24) is 9.62 Å². The second-order valence-corrected chi connectivity index (χ2v) is 5.81. The Kier molecular flexibility index (Phi) is 4.26. The predicted octanol–water partition coefficient (Wildman–Crippen LogP) is -0.560. The molecule has 0 spiro atoms. The minimum atomic E-state index is -3.69. The summed E-state index contributed by atoms with van der Waals surface area (Å²) in [7, 11) is -3.69. The Hall–Kier alpha value is -1.13. The molecule has 1 atom stereocenters. The normalized spacial score (nSPS) is 18.1. The molecule has 1 N–H and O–H groups in total. The maximum atomic E-state index is 11.5. The Labute approximate surface area is 95.3 Å². The monoisotopic (exact) mass is 245 g/mol. The number of hydrogen-bond donors (Lipinski definition) is 1. The summed E-state index contributed by atoms with van der Waals surface area (Å²) >= 11 is 0. The van der Waals surface area contributed by atoms with Gasteiger partial charge in [-0.1, -0.05) is 0 Å². The number of carbonyl (C=O) groups is 1. The highest BCUT2D eigenvalue weighted by Gasteiger charge is 2.23. The summed E-state index contributed by atoms with van der Waals surface area (Å²) in [5.74, 6) is -0.230. The molecule has 90 valence electrons. The summed E-state index contributed by atoms with van der Waals surface area (Å²) in [5.41, 5.74) is 0. The zero-order chi connectivity index (χ0) is 12.2. The van der Waals surface area contributed by atoms with Gasteiger partial charge in [0.05, 0.1) is 12.6 Å². The molecule has 1 fully saturated rings. The van der Waals surface area contributed by atoms with Crippen molar-refractivity contribution in [3.8, 4) is 6.07 Å². The molecular formula is C9H15N3O3S. The van der Waals surface area contributed by atoms with Gasteiger partial charge < -0.3 is 4.90 Å². The molecule has 1 unspecified atom stereocenters. The van der Waals surface area contributed by atoms with Gasteiger partial charge in [-0.15, -0.1) is 0 Å². The molecule has 1 rings (SSSR count). The summed E-state index contributed by atoms with van der Waals surface area (Å²) in [6, 6.07) is 1.62. The van der Waals surface area contributed by atoms with E-state index in [9.17, 15) is 13.2 Å². The van der Waals surface area contributed by atoms with Gasteiger partial charge in [-0.2, -0.15) is 5.26 Å². The van der Waals surface area contributed by atoms with Crippen LogP contribution < -0.4 is 4.72 Å². The van der Waals surface area contributed by atoms with Crippen LogP contribution in [0.4, 0.5) is 0 Å². The SMILES string of the molecule is CC(C#N)S(=O)(=O)NCC(=O)N1CCCC1. The quantitative estimate of drug-likeness (QED) is 0.719. The molecule has 0 radical (unpaired) electrons. The van der Waals surface area contributed by atoms with Gasteiger partial charge in [0.15, 0.2) is 5.25 Å². The zero-order valence-corrected chi connectivity index (χ0v) is 9.96. The van der Waals surface area contributed by atoms with Crippen molar-refractivity contribution >= 4 is 15.9 Å². The first kappa shape index (κ1) is 12.9. The molecule has 0 aliphatic carbocycles. The highest BCUT2D eigenvalue weighted by molar-refractivity contribution is 7.90. The van der Waals surface area contributed by atoms with Crippen molar-refractivity contribution in [3.63, 3.8) is 0 Å². The van der Waals surface area contributed by atoms with Gasteiger partial charge in [0.2, 0.25) is 15.9 Å². The molecule has 1 saturated heterocycles. The van der Waals surface area contributed by atoms with Gasteiger partial charge in [-0.05, 0) is 19.8 Å². The number of nitriles is 1. The van der Waals surface area contributed by atoms with Gasteiger partial charge in [0.1, 0.15) is 0 Å². The number of sulfonamides is 1. The molecule has 6 nitrogen and oxygen atoms in total. The highest BCUT2D eigenvalue weighted by atomic mass is 32.2. The van der Waals surface area contributed by atoms with E-state index in [1.165, 1.54) is 6.92 Å². The number of nitrogens with one attached hydrogen (secondary N) is 1. The summed E-state index contributed by atoms with van der Waals surface area (Å²) in [5, 5.41) is 7.34.